The summed E-state index contributed by atoms with van der Waals surface area (Å²) in [6, 6.07) is 7.87. The molecule has 0 saturated heterocycles. The van der Waals surface area contributed by atoms with Crippen LogP contribution in [-0.2, 0) is 21.2 Å². The highest BCUT2D eigenvalue weighted by molar-refractivity contribution is 7.89. The Morgan fingerprint density at radius 2 is 1.86 bits per heavy atom. The van der Waals surface area contributed by atoms with Crippen molar-refractivity contribution in [2.24, 2.45) is 0 Å². The van der Waals surface area contributed by atoms with E-state index in [2.05, 4.69) is 10.0 Å². The van der Waals surface area contributed by atoms with Crippen molar-refractivity contribution in [1.82, 2.24) is 10.0 Å². The van der Waals surface area contributed by atoms with Crippen LogP contribution in [0.15, 0.2) is 24.3 Å². The van der Waals surface area contributed by atoms with Crippen molar-refractivity contribution < 1.29 is 17.9 Å². The molecule has 6 nitrogen and oxygen atoms in total. The second kappa shape index (κ2) is 9.42. The van der Waals surface area contributed by atoms with Crippen LogP contribution in [0.3, 0.4) is 0 Å². The van der Waals surface area contributed by atoms with Gasteiger partial charge in [0.15, 0.2) is 0 Å². The molecule has 0 heterocycles. The lowest BCUT2D eigenvalue weighted by molar-refractivity contribution is -0.121. The van der Waals surface area contributed by atoms with Gasteiger partial charge >= 0.3 is 0 Å². The first-order valence-corrected chi connectivity index (χ1v) is 8.93. The van der Waals surface area contributed by atoms with Crippen LogP contribution in [0.1, 0.15) is 24.8 Å². The van der Waals surface area contributed by atoms with E-state index in [1.165, 1.54) is 12.6 Å². The molecule has 1 rings (SSSR count). The van der Waals surface area contributed by atoms with Gasteiger partial charge in [-0.05, 0) is 44.0 Å². The fourth-order valence-electron chi connectivity index (χ4n) is 1.92. The van der Waals surface area contributed by atoms with Crippen LogP contribution in [0, 0.1) is 0 Å². The number of unbranched alkanes of at least 4 members (excludes halogenated alkanes) is 1. The van der Waals surface area contributed by atoms with Crippen LogP contribution >= 0.6 is 0 Å². The number of rotatable bonds is 10. The minimum absolute atomic E-state index is 0.0961. The van der Waals surface area contributed by atoms with Gasteiger partial charge in [0.1, 0.15) is 5.75 Å². The molecular weight excluding hydrogens is 304 g/mol. The highest BCUT2D eigenvalue weighted by Gasteiger charge is 2.07. The lowest BCUT2D eigenvalue weighted by Gasteiger charge is -2.06. The minimum Gasteiger partial charge on any atom is -0.497 e. The molecule has 0 fully saturated rings. The van der Waals surface area contributed by atoms with Crippen molar-refractivity contribution in [3.63, 3.8) is 0 Å². The summed E-state index contributed by atoms with van der Waals surface area (Å²) >= 11 is 0. The molecule has 1 aromatic rings. The van der Waals surface area contributed by atoms with E-state index in [4.69, 9.17) is 4.74 Å². The molecule has 0 unspecified atom stereocenters. The maximum absolute atomic E-state index is 11.6. The number of aryl methyl sites for hydroxylation is 1. The summed E-state index contributed by atoms with van der Waals surface area (Å²) in [5.74, 6) is 0.627. The molecule has 22 heavy (non-hydrogen) atoms. The van der Waals surface area contributed by atoms with Gasteiger partial charge in [-0.2, -0.15) is 0 Å². The topological polar surface area (TPSA) is 84.5 Å². The summed E-state index contributed by atoms with van der Waals surface area (Å²) < 4.78 is 29.6. The van der Waals surface area contributed by atoms with E-state index in [1.807, 2.05) is 24.3 Å². The number of carbonyl (C=O) groups excluding carboxylic acids is 1. The van der Waals surface area contributed by atoms with E-state index in [-0.39, 0.29) is 18.2 Å². The third-order valence-electron chi connectivity index (χ3n) is 3.28. The molecule has 0 aliphatic heterocycles. The van der Waals surface area contributed by atoms with Gasteiger partial charge < -0.3 is 10.1 Å². The normalized spacial score (nSPS) is 11.2. The van der Waals surface area contributed by atoms with Crippen LogP contribution in [0.5, 0.6) is 5.75 Å². The molecule has 124 valence electrons. The SMILES string of the molecule is CNS(=O)(=O)CCNC(=O)CCCCc1ccc(OC)cc1. The van der Waals surface area contributed by atoms with Gasteiger partial charge in [-0.25, -0.2) is 13.1 Å². The molecule has 7 heteroatoms. The highest BCUT2D eigenvalue weighted by atomic mass is 32.2. The maximum Gasteiger partial charge on any atom is 0.220 e. The molecule has 0 atom stereocenters. The second-order valence-electron chi connectivity index (χ2n) is 4.93. The van der Waals surface area contributed by atoms with E-state index in [9.17, 15) is 13.2 Å². The lowest BCUT2D eigenvalue weighted by atomic mass is 10.1. The highest BCUT2D eigenvalue weighted by Crippen LogP contribution is 2.13. The molecule has 0 aromatic heterocycles. The zero-order chi connectivity index (χ0) is 16.4. The zero-order valence-corrected chi connectivity index (χ0v) is 13.9. The smallest absolute Gasteiger partial charge is 0.220 e. The first-order chi connectivity index (χ1) is 10.5. The summed E-state index contributed by atoms with van der Waals surface area (Å²) in [6.07, 6.45) is 3.01. The number of methoxy groups -OCH3 is 1. The van der Waals surface area contributed by atoms with Crippen LogP contribution in [0.2, 0.25) is 0 Å². The number of carbonyl (C=O) groups is 1. The number of benzene rings is 1. The van der Waals surface area contributed by atoms with Crippen LogP contribution in [-0.4, -0.2) is 40.8 Å². The van der Waals surface area contributed by atoms with Crippen LogP contribution in [0.25, 0.3) is 0 Å². The van der Waals surface area contributed by atoms with Crippen LogP contribution < -0.4 is 14.8 Å². The molecule has 0 bridgehead atoms. The average Bonchev–Trinajstić information content (AvgIpc) is 2.52. The van der Waals surface area contributed by atoms with Crippen molar-refractivity contribution >= 4 is 15.9 Å². The van der Waals surface area contributed by atoms with Gasteiger partial charge in [0.25, 0.3) is 0 Å². The predicted octanol–water partition coefficient (Wildman–Crippen LogP) is 1.07. The van der Waals surface area contributed by atoms with Gasteiger partial charge in [-0.1, -0.05) is 12.1 Å². The standard InChI is InChI=1S/C15H24N2O4S/c1-16-22(19,20)12-11-17-15(18)6-4-3-5-13-7-9-14(21-2)10-8-13/h7-10,16H,3-6,11-12H2,1-2H3,(H,17,18). The molecular formula is C15H24N2O4S. The molecule has 0 aliphatic carbocycles. The van der Waals surface area contributed by atoms with Crippen molar-refractivity contribution in [1.29, 1.82) is 0 Å². The lowest BCUT2D eigenvalue weighted by Crippen LogP contribution is -2.32. The Balaban J connectivity index is 2.14. The van der Waals surface area contributed by atoms with Gasteiger partial charge in [0.2, 0.25) is 15.9 Å². The Morgan fingerprint density at radius 3 is 2.45 bits per heavy atom. The number of ether oxygens (including phenoxy) is 1. The van der Waals surface area contributed by atoms with Gasteiger partial charge in [-0.15, -0.1) is 0 Å². The van der Waals surface area contributed by atoms with Crippen molar-refractivity contribution in [3.05, 3.63) is 29.8 Å². The monoisotopic (exact) mass is 328 g/mol. The summed E-state index contributed by atoms with van der Waals surface area (Å²) in [5, 5.41) is 2.61. The van der Waals surface area contributed by atoms with E-state index in [0.29, 0.717) is 6.42 Å². The summed E-state index contributed by atoms with van der Waals surface area (Å²) in [5.41, 5.74) is 1.21. The number of amides is 1. The molecule has 1 aromatic carbocycles. The fourth-order valence-corrected chi connectivity index (χ4v) is 2.50. The Labute approximate surface area is 132 Å². The Hall–Kier alpha value is -1.60. The fraction of sp³-hybridized carbons (Fsp3) is 0.533. The minimum atomic E-state index is -3.26. The van der Waals surface area contributed by atoms with E-state index in [1.54, 1.807) is 7.11 Å². The number of hydrogen-bond donors (Lipinski definition) is 2. The second-order valence-corrected chi connectivity index (χ2v) is 6.97. The van der Waals surface area contributed by atoms with Gasteiger partial charge in [-0.3, -0.25) is 4.79 Å². The first kappa shape index (κ1) is 18.4. The van der Waals surface area contributed by atoms with Crippen LogP contribution in [0.4, 0.5) is 0 Å². The molecule has 0 spiro atoms. The molecule has 0 radical (unpaired) electrons. The zero-order valence-electron chi connectivity index (χ0n) is 13.1. The third-order valence-corrected chi connectivity index (χ3v) is 4.65. The molecule has 2 N–H and O–H groups in total. The first-order valence-electron chi connectivity index (χ1n) is 7.27. The predicted molar refractivity (Wildman–Crippen MR) is 86.4 cm³/mol. The third kappa shape index (κ3) is 7.42. The summed E-state index contributed by atoms with van der Waals surface area (Å²) in [7, 11) is -0.265. The number of hydrogen-bond acceptors (Lipinski definition) is 4. The Kier molecular flexibility index (Phi) is 7.90. The van der Waals surface area contributed by atoms with E-state index in [0.717, 1.165) is 25.0 Å². The average molecular weight is 328 g/mol. The van der Waals surface area contributed by atoms with Crippen molar-refractivity contribution in [2.45, 2.75) is 25.7 Å². The van der Waals surface area contributed by atoms with E-state index < -0.39 is 10.0 Å². The summed E-state index contributed by atoms with van der Waals surface area (Å²) in [4.78, 5) is 11.6. The van der Waals surface area contributed by atoms with Gasteiger partial charge in [0.05, 0.1) is 12.9 Å². The Bertz CT molecular complexity index is 555. The quantitative estimate of drug-likeness (QED) is 0.629. The van der Waals surface area contributed by atoms with Crippen molar-refractivity contribution in [2.75, 3.05) is 26.5 Å². The molecule has 0 aliphatic rings. The van der Waals surface area contributed by atoms with Gasteiger partial charge in [0, 0.05) is 13.0 Å². The Morgan fingerprint density at radius 1 is 1.18 bits per heavy atom. The molecule has 1 amide bonds. The largest absolute Gasteiger partial charge is 0.497 e. The molecule has 0 saturated carbocycles. The number of sulfonamides is 1. The number of nitrogens with one attached hydrogen (secondary N) is 2. The van der Waals surface area contributed by atoms with Crippen molar-refractivity contribution in [3.8, 4) is 5.75 Å². The van der Waals surface area contributed by atoms with E-state index >= 15 is 0 Å². The maximum atomic E-state index is 11.6. The summed E-state index contributed by atoms with van der Waals surface area (Å²) in [6.45, 7) is 0.139.